The third-order valence-electron chi connectivity index (χ3n) is 5.10. The summed E-state index contributed by atoms with van der Waals surface area (Å²) in [7, 11) is 0. The summed E-state index contributed by atoms with van der Waals surface area (Å²) in [6, 6.07) is 7.24. The number of carboxylic acid groups (broad SMARTS) is 1. The zero-order valence-corrected chi connectivity index (χ0v) is 13.1. The first kappa shape index (κ1) is 16.5. The lowest BCUT2D eigenvalue weighted by Gasteiger charge is -2.29. The van der Waals surface area contributed by atoms with Crippen LogP contribution in [0.15, 0.2) is 24.3 Å². The number of carbonyl (C=O) groups excluding carboxylic acids is 1. The van der Waals surface area contributed by atoms with E-state index in [9.17, 15) is 14.7 Å². The van der Waals surface area contributed by atoms with Crippen LogP contribution < -0.4 is 5.73 Å². The van der Waals surface area contributed by atoms with Crippen molar-refractivity contribution >= 4 is 11.9 Å². The lowest BCUT2D eigenvalue weighted by Crippen LogP contribution is -2.42. The smallest absolute Gasteiger partial charge is 0.314 e. The van der Waals surface area contributed by atoms with Crippen molar-refractivity contribution in [1.82, 2.24) is 0 Å². The zero-order valence-electron chi connectivity index (χ0n) is 13.1. The molecule has 5 heteroatoms. The van der Waals surface area contributed by atoms with E-state index in [1.165, 1.54) is 0 Å². The predicted molar refractivity (Wildman–Crippen MR) is 82.6 cm³/mol. The molecule has 5 nitrogen and oxygen atoms in total. The molecule has 120 valence electrons. The second kappa shape index (κ2) is 6.08. The highest BCUT2D eigenvalue weighted by atomic mass is 16.5. The van der Waals surface area contributed by atoms with E-state index in [1.807, 2.05) is 26.0 Å². The fourth-order valence-corrected chi connectivity index (χ4v) is 3.32. The van der Waals surface area contributed by atoms with Gasteiger partial charge in [0.1, 0.15) is 0 Å². The number of hydrogen-bond acceptors (Lipinski definition) is 3. The maximum absolute atomic E-state index is 11.9. The number of carboxylic acids is 1. The van der Waals surface area contributed by atoms with E-state index in [0.29, 0.717) is 25.9 Å². The van der Waals surface area contributed by atoms with E-state index in [-0.39, 0.29) is 6.61 Å². The first-order valence-corrected chi connectivity index (χ1v) is 7.65. The van der Waals surface area contributed by atoms with Crippen LogP contribution in [0.2, 0.25) is 0 Å². The van der Waals surface area contributed by atoms with Gasteiger partial charge >= 0.3 is 5.97 Å². The minimum atomic E-state index is -0.884. The Balaban J connectivity index is 2.42. The maximum atomic E-state index is 11.9. The lowest BCUT2D eigenvalue weighted by molar-refractivity contribution is -0.144. The van der Waals surface area contributed by atoms with Gasteiger partial charge in [0.25, 0.3) is 0 Å². The van der Waals surface area contributed by atoms with Crippen molar-refractivity contribution < 1.29 is 19.4 Å². The molecule has 0 spiro atoms. The first-order valence-electron chi connectivity index (χ1n) is 7.65. The molecule has 1 fully saturated rings. The lowest BCUT2D eigenvalue weighted by atomic mass is 9.73. The monoisotopic (exact) mass is 305 g/mol. The van der Waals surface area contributed by atoms with E-state index in [0.717, 1.165) is 11.1 Å². The Bertz CT molecular complexity index is 520. The van der Waals surface area contributed by atoms with Crippen molar-refractivity contribution in [3.8, 4) is 0 Å². The van der Waals surface area contributed by atoms with Crippen LogP contribution in [0.4, 0.5) is 0 Å². The van der Waals surface area contributed by atoms with Crippen molar-refractivity contribution in [3.05, 3.63) is 35.4 Å². The van der Waals surface area contributed by atoms with Gasteiger partial charge in [0.15, 0.2) is 0 Å². The molecular formula is C17H23NO4. The number of rotatable bonds is 6. The Morgan fingerprint density at radius 2 is 1.86 bits per heavy atom. The van der Waals surface area contributed by atoms with Crippen molar-refractivity contribution in [3.63, 3.8) is 0 Å². The van der Waals surface area contributed by atoms with Crippen LogP contribution in [0.5, 0.6) is 0 Å². The van der Waals surface area contributed by atoms with Crippen LogP contribution in [-0.4, -0.2) is 30.2 Å². The molecule has 1 aliphatic heterocycles. The summed E-state index contributed by atoms with van der Waals surface area (Å²) in [5, 5.41) is 9.60. The van der Waals surface area contributed by atoms with E-state index >= 15 is 0 Å². The molecule has 1 aromatic rings. The number of amides is 1. The van der Waals surface area contributed by atoms with Crippen LogP contribution in [0.25, 0.3) is 0 Å². The number of hydrogen-bond donors (Lipinski definition) is 2. The molecule has 0 radical (unpaired) electrons. The van der Waals surface area contributed by atoms with Gasteiger partial charge < -0.3 is 15.6 Å². The van der Waals surface area contributed by atoms with E-state index in [2.05, 4.69) is 0 Å². The quantitative estimate of drug-likeness (QED) is 0.841. The summed E-state index contributed by atoms with van der Waals surface area (Å²) in [6.07, 6.45) is 1.60. The first-order chi connectivity index (χ1) is 10.4. The highest BCUT2D eigenvalue weighted by Gasteiger charge is 2.43. The van der Waals surface area contributed by atoms with E-state index in [1.54, 1.807) is 12.1 Å². The minimum Gasteiger partial charge on any atom is -0.481 e. The maximum Gasteiger partial charge on any atom is 0.314 e. The molecule has 1 heterocycles. The van der Waals surface area contributed by atoms with Crippen molar-refractivity contribution in [2.24, 2.45) is 5.73 Å². The highest BCUT2D eigenvalue weighted by Crippen LogP contribution is 2.36. The summed E-state index contributed by atoms with van der Waals surface area (Å²) in [4.78, 5) is 23.6. The molecule has 1 amide bonds. The van der Waals surface area contributed by atoms with Crippen LogP contribution in [0, 0.1) is 0 Å². The average molecular weight is 305 g/mol. The number of ether oxygens (including phenoxy) is 1. The fourth-order valence-electron chi connectivity index (χ4n) is 3.32. The van der Waals surface area contributed by atoms with E-state index in [4.69, 9.17) is 10.5 Å². The van der Waals surface area contributed by atoms with Gasteiger partial charge in [-0.15, -0.1) is 0 Å². The molecule has 22 heavy (non-hydrogen) atoms. The van der Waals surface area contributed by atoms with Gasteiger partial charge in [0.2, 0.25) is 5.91 Å². The summed E-state index contributed by atoms with van der Waals surface area (Å²) in [6.45, 7) is 4.55. The largest absolute Gasteiger partial charge is 0.481 e. The molecule has 0 saturated carbocycles. The van der Waals surface area contributed by atoms with Gasteiger partial charge in [-0.2, -0.15) is 0 Å². The average Bonchev–Trinajstić information content (AvgIpc) is 3.00. The van der Waals surface area contributed by atoms with E-state index < -0.39 is 22.7 Å². The molecule has 0 aromatic heterocycles. The van der Waals surface area contributed by atoms with Gasteiger partial charge in [-0.05, 0) is 30.4 Å². The number of primary amides is 1. The predicted octanol–water partition coefficient (Wildman–Crippen LogP) is 1.97. The Labute approximate surface area is 130 Å². The topological polar surface area (TPSA) is 89.6 Å². The summed E-state index contributed by atoms with van der Waals surface area (Å²) in [5.74, 6) is -1.22. The van der Waals surface area contributed by atoms with Crippen LogP contribution in [0.1, 0.15) is 44.2 Å². The van der Waals surface area contributed by atoms with Gasteiger partial charge in [-0.3, -0.25) is 9.59 Å². The number of nitrogens with two attached hydrogens (primary N) is 1. The molecule has 1 aromatic carbocycles. The molecule has 1 atom stereocenters. The zero-order chi connectivity index (χ0) is 16.4. The third kappa shape index (κ3) is 2.39. The summed E-state index contributed by atoms with van der Waals surface area (Å²) >= 11 is 0. The van der Waals surface area contributed by atoms with Gasteiger partial charge in [0.05, 0.1) is 17.4 Å². The number of carbonyl (C=O) groups is 2. The molecule has 3 N–H and O–H groups in total. The second-order valence-electron chi connectivity index (χ2n) is 5.92. The fraction of sp³-hybridized carbons (Fsp3) is 0.529. The Morgan fingerprint density at radius 3 is 2.23 bits per heavy atom. The van der Waals surface area contributed by atoms with Gasteiger partial charge in [-0.25, -0.2) is 0 Å². The number of aliphatic carboxylic acids is 1. The Morgan fingerprint density at radius 1 is 1.27 bits per heavy atom. The highest BCUT2D eigenvalue weighted by molar-refractivity contribution is 5.87. The van der Waals surface area contributed by atoms with Crippen molar-refractivity contribution in [2.75, 3.05) is 13.2 Å². The summed E-state index contributed by atoms with van der Waals surface area (Å²) < 4.78 is 5.36. The van der Waals surface area contributed by atoms with Gasteiger partial charge in [0, 0.05) is 6.61 Å². The Kier molecular flexibility index (Phi) is 4.56. The van der Waals surface area contributed by atoms with Crippen LogP contribution >= 0.6 is 0 Å². The minimum absolute atomic E-state index is 0.285. The van der Waals surface area contributed by atoms with Crippen LogP contribution in [-0.2, 0) is 25.2 Å². The molecule has 1 saturated heterocycles. The molecule has 2 rings (SSSR count). The summed E-state index contributed by atoms with van der Waals surface area (Å²) in [5.41, 5.74) is 5.46. The second-order valence-corrected chi connectivity index (χ2v) is 5.92. The molecule has 0 aliphatic carbocycles. The molecule has 1 unspecified atom stereocenters. The van der Waals surface area contributed by atoms with Gasteiger partial charge in [-0.1, -0.05) is 38.1 Å². The van der Waals surface area contributed by atoms with Crippen molar-refractivity contribution in [2.45, 2.75) is 43.9 Å². The van der Waals surface area contributed by atoms with Crippen LogP contribution in [0.3, 0.4) is 0 Å². The SMILES string of the molecule is CCC(CC)(C(=O)O)c1ccc(C2(C(N)=O)CCOC2)cc1. The number of benzene rings is 1. The molecule has 0 bridgehead atoms. The normalized spacial score (nSPS) is 21.7. The van der Waals surface area contributed by atoms with Crippen molar-refractivity contribution in [1.29, 1.82) is 0 Å². The Hall–Kier alpha value is -1.88. The molecule has 1 aliphatic rings. The third-order valence-corrected chi connectivity index (χ3v) is 5.10. The molecular weight excluding hydrogens is 282 g/mol. The standard InChI is InChI=1S/C17H23NO4/c1-3-16(4-2,15(20)21)12-5-7-13(8-6-12)17(14(18)19)9-10-22-11-17/h5-8H,3-4,9-11H2,1-2H3,(H2,18,19)(H,20,21).